The van der Waals surface area contributed by atoms with E-state index in [2.05, 4.69) is 0 Å². The average molecular weight is 433 g/mol. The quantitative estimate of drug-likeness (QED) is 0.267. The lowest BCUT2D eigenvalue weighted by molar-refractivity contribution is 0.0696. The van der Waals surface area contributed by atoms with E-state index in [9.17, 15) is 18.7 Å². The van der Waals surface area contributed by atoms with Gasteiger partial charge in [-0.2, -0.15) is 0 Å². The van der Waals surface area contributed by atoms with E-state index < -0.39 is 11.8 Å². The summed E-state index contributed by atoms with van der Waals surface area (Å²) in [6.07, 6.45) is 1.15. The van der Waals surface area contributed by atoms with E-state index in [1.165, 1.54) is 24.3 Å². The smallest absolute Gasteiger partial charge is 0.335 e. The first kappa shape index (κ1) is 21.2. The summed E-state index contributed by atoms with van der Waals surface area (Å²) in [7, 11) is 0. The van der Waals surface area contributed by atoms with Gasteiger partial charge in [0.25, 0.3) is 0 Å². The van der Waals surface area contributed by atoms with E-state index in [1.54, 1.807) is 24.3 Å². The molecule has 1 aromatic heterocycles. The number of nitrogen functional groups attached to an aromatic ring is 1. The second-order valence-corrected chi connectivity index (χ2v) is 7.90. The van der Waals surface area contributed by atoms with Crippen LogP contribution in [0.4, 0.5) is 14.5 Å². The molecule has 7 heteroatoms. The highest BCUT2D eigenvalue weighted by Crippen LogP contribution is 2.42. The Labute approximate surface area is 183 Å². The van der Waals surface area contributed by atoms with Gasteiger partial charge in [0.15, 0.2) is 0 Å². The highest BCUT2D eigenvalue weighted by molar-refractivity contribution is 6.05. The van der Waals surface area contributed by atoms with Crippen LogP contribution in [0.5, 0.6) is 0 Å². The number of aromatic nitrogens is 1. The number of carbonyl (C=O) groups is 1. The van der Waals surface area contributed by atoms with Crippen LogP contribution in [0, 0.1) is 17.0 Å². The van der Waals surface area contributed by atoms with E-state index in [1.807, 2.05) is 18.4 Å². The molecule has 0 aliphatic heterocycles. The van der Waals surface area contributed by atoms with Crippen molar-refractivity contribution in [3.05, 3.63) is 83.1 Å². The zero-order valence-corrected chi connectivity index (χ0v) is 17.5. The first-order chi connectivity index (χ1) is 15.2. The Morgan fingerprint density at radius 1 is 1.06 bits per heavy atom. The first-order valence-corrected chi connectivity index (χ1v) is 9.99. The topological polar surface area (TPSA) is 92.1 Å². The average Bonchev–Trinajstić information content (AvgIpc) is 3.07. The van der Waals surface area contributed by atoms with Crippen molar-refractivity contribution in [1.29, 1.82) is 5.41 Å². The summed E-state index contributed by atoms with van der Waals surface area (Å²) in [5, 5.41) is 17.8. The summed E-state index contributed by atoms with van der Waals surface area (Å²) in [4.78, 5) is 11.6. The van der Waals surface area contributed by atoms with Crippen molar-refractivity contribution in [3.8, 4) is 16.8 Å². The molecule has 3 aromatic carbocycles. The number of fused-ring (bicyclic) bond motifs is 1. The number of nitrogens with one attached hydrogen (secondary N) is 1. The van der Waals surface area contributed by atoms with Gasteiger partial charge in [-0.1, -0.05) is 13.8 Å². The van der Waals surface area contributed by atoms with Crippen LogP contribution >= 0.6 is 0 Å². The van der Waals surface area contributed by atoms with Gasteiger partial charge < -0.3 is 20.8 Å². The molecule has 0 aliphatic carbocycles. The molecule has 5 nitrogen and oxygen atoms in total. The number of carboxylic acids is 1. The van der Waals surface area contributed by atoms with E-state index in [0.717, 1.165) is 18.0 Å². The van der Waals surface area contributed by atoms with Gasteiger partial charge in [0.2, 0.25) is 0 Å². The van der Waals surface area contributed by atoms with Crippen molar-refractivity contribution >= 4 is 28.8 Å². The number of carboxylic acid groups (broad SMARTS) is 1. The minimum absolute atomic E-state index is 0.0661. The molecule has 0 spiro atoms. The molecule has 0 saturated heterocycles. The normalized spacial score (nSPS) is 11.3. The van der Waals surface area contributed by atoms with Gasteiger partial charge >= 0.3 is 5.97 Å². The molecular weight excluding hydrogens is 412 g/mol. The van der Waals surface area contributed by atoms with E-state index in [-0.39, 0.29) is 17.3 Å². The monoisotopic (exact) mass is 433 g/mol. The SMILES string of the molecule is CC(C)c1c(-c2cc(F)cc(C(=O)O)c2)c2cc(N)c(C=N)cc2n1-c1ccc(F)cc1. The van der Waals surface area contributed by atoms with E-state index in [0.29, 0.717) is 39.0 Å². The number of benzene rings is 3. The van der Waals surface area contributed by atoms with Crippen molar-refractivity contribution in [2.75, 3.05) is 5.73 Å². The molecule has 0 unspecified atom stereocenters. The first-order valence-electron chi connectivity index (χ1n) is 9.99. The number of rotatable bonds is 5. The molecule has 0 fully saturated rings. The third kappa shape index (κ3) is 3.51. The molecule has 4 aromatic rings. The Bertz CT molecular complexity index is 1370. The Kier molecular flexibility index (Phi) is 5.26. The van der Waals surface area contributed by atoms with Crippen molar-refractivity contribution in [2.24, 2.45) is 0 Å². The highest BCUT2D eigenvalue weighted by atomic mass is 19.1. The number of nitrogens with two attached hydrogens (primary N) is 1. The molecule has 0 bridgehead atoms. The number of aromatic carboxylic acids is 1. The summed E-state index contributed by atoms with van der Waals surface area (Å²) in [5.41, 5.74) is 10.1. The van der Waals surface area contributed by atoms with Crippen LogP contribution < -0.4 is 5.73 Å². The van der Waals surface area contributed by atoms with Crippen LogP contribution in [0.2, 0.25) is 0 Å². The van der Waals surface area contributed by atoms with Crippen LogP contribution in [0.1, 0.15) is 41.4 Å². The van der Waals surface area contributed by atoms with Gasteiger partial charge in [0, 0.05) is 39.8 Å². The third-order valence-electron chi connectivity index (χ3n) is 5.43. The second kappa shape index (κ2) is 7.92. The van der Waals surface area contributed by atoms with E-state index >= 15 is 0 Å². The van der Waals surface area contributed by atoms with Crippen molar-refractivity contribution in [1.82, 2.24) is 4.57 Å². The number of nitrogens with zero attached hydrogens (tertiary/aromatic N) is 1. The molecule has 0 amide bonds. The minimum atomic E-state index is -1.23. The molecular formula is C25H21F2N3O2. The van der Waals surface area contributed by atoms with Crippen LogP contribution in [0.3, 0.4) is 0 Å². The Hall–Kier alpha value is -4.00. The predicted molar refractivity (Wildman–Crippen MR) is 122 cm³/mol. The van der Waals surface area contributed by atoms with Gasteiger partial charge in [0.1, 0.15) is 11.6 Å². The fourth-order valence-electron chi connectivity index (χ4n) is 4.09. The van der Waals surface area contributed by atoms with E-state index in [4.69, 9.17) is 11.1 Å². The molecule has 32 heavy (non-hydrogen) atoms. The number of halogens is 2. The molecule has 0 saturated carbocycles. The van der Waals surface area contributed by atoms with Crippen molar-refractivity contribution in [2.45, 2.75) is 19.8 Å². The highest BCUT2D eigenvalue weighted by Gasteiger charge is 2.24. The molecule has 1 heterocycles. The third-order valence-corrected chi connectivity index (χ3v) is 5.43. The largest absolute Gasteiger partial charge is 0.478 e. The second-order valence-electron chi connectivity index (χ2n) is 7.90. The summed E-state index contributed by atoms with van der Waals surface area (Å²) in [6.45, 7) is 3.94. The Balaban J connectivity index is 2.19. The van der Waals surface area contributed by atoms with Gasteiger partial charge in [-0.3, -0.25) is 0 Å². The summed E-state index contributed by atoms with van der Waals surface area (Å²) in [6, 6.07) is 13.1. The zero-order valence-electron chi connectivity index (χ0n) is 17.5. The Morgan fingerprint density at radius 3 is 2.34 bits per heavy atom. The lowest BCUT2D eigenvalue weighted by Crippen LogP contribution is -2.04. The van der Waals surface area contributed by atoms with Gasteiger partial charge in [-0.15, -0.1) is 0 Å². The maximum Gasteiger partial charge on any atom is 0.335 e. The van der Waals surface area contributed by atoms with Crippen LogP contribution in [0.25, 0.3) is 27.7 Å². The predicted octanol–water partition coefficient (Wildman–Crippen LogP) is 5.98. The maximum atomic E-state index is 14.4. The van der Waals surface area contributed by atoms with Gasteiger partial charge in [-0.05, 0) is 66.1 Å². The molecule has 0 atom stereocenters. The molecule has 162 valence electrons. The standard InChI is InChI=1S/C25H21F2N3O2/c1-13(2)24-23(14-7-15(25(31)32)9-18(27)8-14)20-11-21(29)16(12-28)10-22(20)30(24)19-5-3-17(26)4-6-19/h3-13,28H,29H2,1-2H3,(H,31,32). The zero-order chi connectivity index (χ0) is 23.2. The number of hydrogen-bond acceptors (Lipinski definition) is 3. The summed E-state index contributed by atoms with van der Waals surface area (Å²) >= 11 is 0. The lowest BCUT2D eigenvalue weighted by atomic mass is 9.95. The summed E-state index contributed by atoms with van der Waals surface area (Å²) < 4.78 is 30.0. The minimum Gasteiger partial charge on any atom is -0.478 e. The van der Waals surface area contributed by atoms with Gasteiger partial charge in [-0.25, -0.2) is 13.6 Å². The maximum absolute atomic E-state index is 14.4. The molecule has 4 N–H and O–H groups in total. The van der Waals surface area contributed by atoms with Crippen molar-refractivity contribution in [3.63, 3.8) is 0 Å². The van der Waals surface area contributed by atoms with Gasteiger partial charge in [0.05, 0.1) is 11.1 Å². The fraction of sp³-hybridized carbons (Fsp3) is 0.120. The number of hydrogen-bond donors (Lipinski definition) is 3. The van der Waals surface area contributed by atoms with Crippen LogP contribution in [-0.2, 0) is 0 Å². The number of anilines is 1. The lowest BCUT2D eigenvalue weighted by Gasteiger charge is -2.16. The van der Waals surface area contributed by atoms with Crippen LogP contribution in [-0.4, -0.2) is 21.9 Å². The Morgan fingerprint density at radius 2 is 1.75 bits per heavy atom. The molecule has 0 radical (unpaired) electrons. The van der Waals surface area contributed by atoms with Crippen LogP contribution in [0.15, 0.2) is 54.6 Å². The summed E-state index contributed by atoms with van der Waals surface area (Å²) in [5.74, 6) is -2.34. The molecule has 4 rings (SSSR count). The fourth-order valence-corrected chi connectivity index (χ4v) is 4.09. The van der Waals surface area contributed by atoms with Crippen molar-refractivity contribution < 1.29 is 18.7 Å². The molecule has 0 aliphatic rings.